The molecule has 198 valence electrons. The smallest absolute Gasteiger partial charge is 0.433 e. The number of aryl methyl sites for hydroxylation is 1. The molecule has 0 heterocycles. The van der Waals surface area contributed by atoms with Crippen molar-refractivity contribution in [2.45, 2.75) is 13.0 Å². The first-order chi connectivity index (χ1) is 17.8. The fourth-order valence-electron chi connectivity index (χ4n) is 3.62. The summed E-state index contributed by atoms with van der Waals surface area (Å²) in [4.78, 5) is 0. The zero-order chi connectivity index (χ0) is 27.8. The van der Waals surface area contributed by atoms with Gasteiger partial charge in [-0.25, -0.2) is 30.7 Å². The van der Waals surface area contributed by atoms with Crippen LogP contribution in [0.1, 0.15) is 5.56 Å². The molecule has 0 aliphatic carbocycles. The molecule has 38 heavy (non-hydrogen) atoms. The molecule has 0 spiro atoms. The Hall–Kier alpha value is -4.15. The first kappa shape index (κ1) is 26.9. The summed E-state index contributed by atoms with van der Waals surface area (Å²) >= 11 is 0. The molecule has 11 heteroatoms. The first-order valence-corrected chi connectivity index (χ1v) is 10.7. The van der Waals surface area contributed by atoms with Crippen molar-refractivity contribution in [3.8, 4) is 33.8 Å². The second-order valence-corrected chi connectivity index (χ2v) is 8.17. The van der Waals surface area contributed by atoms with E-state index in [2.05, 4.69) is 4.74 Å². The van der Waals surface area contributed by atoms with Crippen LogP contribution in [0.4, 0.5) is 39.5 Å². The molecule has 0 aliphatic rings. The van der Waals surface area contributed by atoms with Crippen molar-refractivity contribution in [1.82, 2.24) is 0 Å². The van der Waals surface area contributed by atoms with Crippen molar-refractivity contribution < 1.29 is 49.0 Å². The van der Waals surface area contributed by atoms with Gasteiger partial charge in [0.2, 0.25) is 0 Å². The Bertz CT molecular complexity index is 1470. The largest absolute Gasteiger partial charge is 0.480 e. The quantitative estimate of drug-likeness (QED) is 0.173. The second kappa shape index (κ2) is 10.3. The molecule has 0 saturated heterocycles. The molecule has 0 radical (unpaired) electrons. The Kier molecular flexibility index (Phi) is 7.30. The molecule has 0 unspecified atom stereocenters. The van der Waals surface area contributed by atoms with E-state index in [1.807, 2.05) is 0 Å². The van der Waals surface area contributed by atoms with Crippen LogP contribution in [0, 0.1) is 47.6 Å². The van der Waals surface area contributed by atoms with Gasteiger partial charge in [0.1, 0.15) is 23.2 Å². The number of halogens is 9. The van der Waals surface area contributed by atoms with E-state index >= 15 is 0 Å². The SMILES string of the molecule is Cc1cc(F)c(-c2ccc(OCC(F)(F)Oc3ccc(-c4cc(F)c(F)c(F)c4)c(F)c3)c(F)c2)c(F)c1. The molecule has 0 atom stereocenters. The van der Waals surface area contributed by atoms with Gasteiger partial charge >= 0.3 is 6.11 Å². The van der Waals surface area contributed by atoms with Crippen molar-refractivity contribution in [3.05, 3.63) is 107 Å². The van der Waals surface area contributed by atoms with Gasteiger partial charge in [0.15, 0.2) is 35.6 Å². The van der Waals surface area contributed by atoms with Crippen LogP contribution < -0.4 is 9.47 Å². The number of benzene rings is 4. The Labute approximate surface area is 209 Å². The van der Waals surface area contributed by atoms with E-state index in [0.29, 0.717) is 29.8 Å². The number of rotatable bonds is 7. The summed E-state index contributed by atoms with van der Waals surface area (Å²) in [5, 5.41) is 0. The maximum atomic E-state index is 14.4. The van der Waals surface area contributed by atoms with Crippen LogP contribution in [-0.2, 0) is 0 Å². The summed E-state index contributed by atoms with van der Waals surface area (Å²) in [5.74, 6) is -10.6. The maximum absolute atomic E-state index is 14.4. The van der Waals surface area contributed by atoms with E-state index in [1.54, 1.807) is 0 Å². The third-order valence-corrected chi connectivity index (χ3v) is 5.31. The topological polar surface area (TPSA) is 18.5 Å². The highest BCUT2D eigenvalue weighted by molar-refractivity contribution is 5.67. The summed E-state index contributed by atoms with van der Waals surface area (Å²) in [6, 6.07) is 8.08. The number of hydrogen-bond donors (Lipinski definition) is 0. The summed E-state index contributed by atoms with van der Waals surface area (Å²) in [5.41, 5.74) is -1.20. The molecule has 2 nitrogen and oxygen atoms in total. The first-order valence-electron chi connectivity index (χ1n) is 10.7. The minimum atomic E-state index is -4.11. The maximum Gasteiger partial charge on any atom is 0.433 e. The molecule has 0 aliphatic heterocycles. The molecular weight excluding hydrogens is 527 g/mol. The summed E-state index contributed by atoms with van der Waals surface area (Å²) in [6.07, 6.45) is -4.11. The highest BCUT2D eigenvalue weighted by Gasteiger charge is 2.34. The van der Waals surface area contributed by atoms with Gasteiger partial charge in [-0.3, -0.25) is 0 Å². The molecule has 0 aromatic heterocycles. The van der Waals surface area contributed by atoms with Crippen molar-refractivity contribution in [2.24, 2.45) is 0 Å². The molecule has 4 rings (SSSR count). The van der Waals surface area contributed by atoms with E-state index in [9.17, 15) is 39.5 Å². The van der Waals surface area contributed by atoms with Gasteiger partial charge in [0.05, 0.1) is 5.56 Å². The number of alkyl halides is 2. The summed E-state index contributed by atoms with van der Waals surface area (Å²) < 4.78 is 135. The van der Waals surface area contributed by atoms with Gasteiger partial charge in [-0.05, 0) is 72.1 Å². The molecule has 4 aromatic carbocycles. The van der Waals surface area contributed by atoms with E-state index < -0.39 is 76.1 Å². The Balaban J connectivity index is 1.46. The third-order valence-electron chi connectivity index (χ3n) is 5.31. The van der Waals surface area contributed by atoms with Gasteiger partial charge < -0.3 is 9.47 Å². The average Bonchev–Trinajstić information content (AvgIpc) is 2.81. The predicted molar refractivity (Wildman–Crippen MR) is 119 cm³/mol. The minimum Gasteiger partial charge on any atom is -0.480 e. The highest BCUT2D eigenvalue weighted by atomic mass is 19.3. The molecule has 0 amide bonds. The molecule has 0 bridgehead atoms. The van der Waals surface area contributed by atoms with Crippen molar-refractivity contribution in [1.29, 1.82) is 0 Å². The molecular formula is C27H15F9O2. The standard InChI is InChI=1S/C27H15F9O2/c1-13-6-20(30)25(21(31)7-13)14-2-5-24(19(29)8-14)37-12-27(35,36)38-16-3-4-17(18(28)11-16)15-9-22(32)26(34)23(33)10-15/h2-11H,12H2,1H3. The highest BCUT2D eigenvalue weighted by Crippen LogP contribution is 2.33. The van der Waals surface area contributed by atoms with Gasteiger partial charge in [0.25, 0.3) is 0 Å². The minimum absolute atomic E-state index is 0.190. The zero-order valence-electron chi connectivity index (χ0n) is 19.2. The van der Waals surface area contributed by atoms with E-state index in [1.165, 1.54) is 6.92 Å². The van der Waals surface area contributed by atoms with Gasteiger partial charge in [-0.2, -0.15) is 8.78 Å². The lowest BCUT2D eigenvalue weighted by Crippen LogP contribution is -2.32. The average molecular weight is 542 g/mol. The van der Waals surface area contributed by atoms with E-state index in [-0.39, 0.29) is 11.1 Å². The zero-order valence-corrected chi connectivity index (χ0v) is 19.2. The van der Waals surface area contributed by atoms with Crippen LogP contribution in [0.3, 0.4) is 0 Å². The van der Waals surface area contributed by atoms with Gasteiger partial charge in [-0.15, -0.1) is 0 Å². The van der Waals surface area contributed by atoms with Crippen molar-refractivity contribution in [2.75, 3.05) is 6.61 Å². The van der Waals surface area contributed by atoms with Crippen LogP contribution in [-0.4, -0.2) is 12.7 Å². The lowest BCUT2D eigenvalue weighted by Gasteiger charge is -2.19. The van der Waals surface area contributed by atoms with Crippen molar-refractivity contribution >= 4 is 0 Å². The van der Waals surface area contributed by atoms with Crippen LogP contribution in [0.5, 0.6) is 11.5 Å². The summed E-state index contributed by atoms with van der Waals surface area (Å²) in [6.45, 7) is -0.0689. The second-order valence-electron chi connectivity index (χ2n) is 8.17. The summed E-state index contributed by atoms with van der Waals surface area (Å²) in [7, 11) is 0. The van der Waals surface area contributed by atoms with Crippen molar-refractivity contribution in [3.63, 3.8) is 0 Å². The van der Waals surface area contributed by atoms with E-state index in [4.69, 9.17) is 4.74 Å². The third kappa shape index (κ3) is 5.71. The fourth-order valence-corrected chi connectivity index (χ4v) is 3.62. The van der Waals surface area contributed by atoms with E-state index in [0.717, 1.165) is 36.4 Å². The molecule has 0 saturated carbocycles. The predicted octanol–water partition coefficient (Wildman–Crippen LogP) is 8.35. The van der Waals surface area contributed by atoms with Gasteiger partial charge in [-0.1, -0.05) is 6.07 Å². The fraction of sp³-hybridized carbons (Fsp3) is 0.111. The van der Waals surface area contributed by atoms with Gasteiger partial charge in [0, 0.05) is 11.6 Å². The molecule has 4 aromatic rings. The Morgan fingerprint density at radius 2 is 1.24 bits per heavy atom. The molecule has 0 fully saturated rings. The number of hydrogen-bond acceptors (Lipinski definition) is 2. The van der Waals surface area contributed by atoms with Crippen LogP contribution in [0.2, 0.25) is 0 Å². The molecule has 0 N–H and O–H groups in total. The lowest BCUT2D eigenvalue weighted by atomic mass is 10.0. The van der Waals surface area contributed by atoms with Crippen LogP contribution in [0.25, 0.3) is 22.3 Å². The van der Waals surface area contributed by atoms with Crippen LogP contribution in [0.15, 0.2) is 60.7 Å². The normalized spacial score (nSPS) is 11.5. The Morgan fingerprint density at radius 3 is 1.82 bits per heavy atom. The Morgan fingerprint density at radius 1 is 0.632 bits per heavy atom. The van der Waals surface area contributed by atoms with Crippen LogP contribution >= 0.6 is 0 Å². The lowest BCUT2D eigenvalue weighted by molar-refractivity contribution is -0.195. The monoisotopic (exact) mass is 542 g/mol. The number of ether oxygens (including phenoxy) is 2.